The van der Waals surface area contributed by atoms with Crippen LogP contribution in [0.2, 0.25) is 0 Å². The molecule has 2 aromatic carbocycles. The molecule has 3 rings (SSSR count). The maximum absolute atomic E-state index is 12.6. The van der Waals surface area contributed by atoms with Gasteiger partial charge in [0.05, 0.1) is 13.7 Å². The van der Waals surface area contributed by atoms with E-state index in [0.717, 1.165) is 22.4 Å². The first kappa shape index (κ1) is 17.0. The van der Waals surface area contributed by atoms with Gasteiger partial charge in [0.2, 0.25) is 0 Å². The Hall–Kier alpha value is -2.82. The minimum absolute atomic E-state index is 0.121. The highest BCUT2D eigenvalue weighted by molar-refractivity contribution is 6.01. The summed E-state index contributed by atoms with van der Waals surface area (Å²) in [6.45, 7) is 4.93. The lowest BCUT2D eigenvalue weighted by Crippen LogP contribution is -2.32. The van der Waals surface area contributed by atoms with Crippen molar-refractivity contribution >= 4 is 11.9 Å². The number of amides is 3. The van der Waals surface area contributed by atoms with Crippen molar-refractivity contribution in [3.05, 3.63) is 64.7 Å². The van der Waals surface area contributed by atoms with Crippen LogP contribution in [0.25, 0.3) is 0 Å². The molecule has 5 heteroatoms. The molecule has 25 heavy (non-hydrogen) atoms. The number of carbonyl (C=O) groups excluding carboxylic acids is 2. The summed E-state index contributed by atoms with van der Waals surface area (Å²) in [5.74, 6) is 0.612. The third-order valence-electron chi connectivity index (χ3n) is 4.57. The lowest BCUT2D eigenvalue weighted by molar-refractivity contribution is -0.125. The Morgan fingerprint density at radius 1 is 0.920 bits per heavy atom. The van der Waals surface area contributed by atoms with Crippen LogP contribution in [0, 0.1) is 13.8 Å². The van der Waals surface area contributed by atoms with Crippen LogP contribution in [-0.2, 0) is 17.9 Å². The Labute approximate surface area is 147 Å². The molecule has 0 bridgehead atoms. The summed E-state index contributed by atoms with van der Waals surface area (Å²) in [7, 11) is 1.61. The molecule has 1 aliphatic heterocycles. The van der Waals surface area contributed by atoms with Crippen molar-refractivity contribution in [3.63, 3.8) is 0 Å². The van der Waals surface area contributed by atoms with Crippen LogP contribution in [0.4, 0.5) is 4.79 Å². The van der Waals surface area contributed by atoms with Gasteiger partial charge in [-0.2, -0.15) is 0 Å². The molecule has 0 aliphatic carbocycles. The zero-order valence-electron chi connectivity index (χ0n) is 14.8. The van der Waals surface area contributed by atoms with E-state index in [-0.39, 0.29) is 18.5 Å². The first-order valence-electron chi connectivity index (χ1n) is 8.26. The van der Waals surface area contributed by atoms with Crippen LogP contribution < -0.4 is 4.74 Å². The van der Waals surface area contributed by atoms with E-state index in [0.29, 0.717) is 13.1 Å². The number of rotatable bonds is 5. The Kier molecular flexibility index (Phi) is 4.74. The van der Waals surface area contributed by atoms with Crippen molar-refractivity contribution < 1.29 is 14.3 Å². The Morgan fingerprint density at radius 3 is 2.24 bits per heavy atom. The molecule has 1 heterocycles. The van der Waals surface area contributed by atoms with Gasteiger partial charge in [-0.05, 0) is 48.2 Å². The highest BCUT2D eigenvalue weighted by atomic mass is 16.5. The summed E-state index contributed by atoms with van der Waals surface area (Å²) in [6, 6.07) is 13.3. The predicted molar refractivity (Wildman–Crippen MR) is 95.3 cm³/mol. The summed E-state index contributed by atoms with van der Waals surface area (Å²) in [5, 5.41) is 0. The zero-order chi connectivity index (χ0) is 18.0. The zero-order valence-corrected chi connectivity index (χ0v) is 14.8. The fraction of sp³-hybridized carbons (Fsp3) is 0.300. The summed E-state index contributed by atoms with van der Waals surface area (Å²) < 4.78 is 5.14. The van der Waals surface area contributed by atoms with Crippen LogP contribution in [0.5, 0.6) is 5.75 Å². The Morgan fingerprint density at radius 2 is 1.60 bits per heavy atom. The third-order valence-corrected chi connectivity index (χ3v) is 4.57. The summed E-state index contributed by atoms with van der Waals surface area (Å²) in [5.41, 5.74) is 4.29. The number of ether oxygens (including phenoxy) is 1. The fourth-order valence-corrected chi connectivity index (χ4v) is 2.91. The highest BCUT2D eigenvalue weighted by Gasteiger charge is 2.35. The molecule has 1 saturated heterocycles. The van der Waals surface area contributed by atoms with E-state index in [1.54, 1.807) is 12.0 Å². The van der Waals surface area contributed by atoms with Crippen LogP contribution >= 0.6 is 0 Å². The van der Waals surface area contributed by atoms with Crippen molar-refractivity contribution in [2.24, 2.45) is 0 Å². The number of nitrogens with zero attached hydrogens (tertiary/aromatic N) is 2. The topological polar surface area (TPSA) is 49.9 Å². The molecule has 0 atom stereocenters. The van der Waals surface area contributed by atoms with Gasteiger partial charge in [-0.3, -0.25) is 9.69 Å². The lowest BCUT2D eigenvalue weighted by Gasteiger charge is -2.18. The molecule has 0 unspecified atom stereocenters. The van der Waals surface area contributed by atoms with Gasteiger partial charge in [-0.15, -0.1) is 0 Å². The maximum atomic E-state index is 12.6. The van der Waals surface area contributed by atoms with Crippen molar-refractivity contribution in [1.82, 2.24) is 9.80 Å². The van der Waals surface area contributed by atoms with Gasteiger partial charge < -0.3 is 9.64 Å². The van der Waals surface area contributed by atoms with Crippen LogP contribution in [0.1, 0.15) is 22.3 Å². The van der Waals surface area contributed by atoms with Crippen molar-refractivity contribution in [2.75, 3.05) is 13.7 Å². The Bertz CT molecular complexity index is 799. The van der Waals surface area contributed by atoms with Gasteiger partial charge in [-0.1, -0.05) is 30.3 Å². The van der Waals surface area contributed by atoms with Crippen molar-refractivity contribution in [2.45, 2.75) is 26.9 Å². The van der Waals surface area contributed by atoms with E-state index < -0.39 is 0 Å². The van der Waals surface area contributed by atoms with Crippen LogP contribution in [0.3, 0.4) is 0 Å². The normalized spacial score (nSPS) is 14.4. The number of hydrogen-bond donors (Lipinski definition) is 0. The van der Waals surface area contributed by atoms with E-state index in [1.807, 2.05) is 56.3 Å². The van der Waals surface area contributed by atoms with Gasteiger partial charge in [0.15, 0.2) is 0 Å². The molecule has 2 aromatic rings. The number of methoxy groups -OCH3 is 1. The molecule has 1 aliphatic rings. The van der Waals surface area contributed by atoms with Gasteiger partial charge in [0.1, 0.15) is 12.3 Å². The first-order chi connectivity index (χ1) is 12.0. The number of benzene rings is 2. The second kappa shape index (κ2) is 6.97. The number of urea groups is 1. The molecule has 0 aromatic heterocycles. The minimum Gasteiger partial charge on any atom is -0.497 e. The molecule has 0 N–H and O–H groups in total. The van der Waals surface area contributed by atoms with E-state index >= 15 is 0 Å². The third kappa shape index (κ3) is 3.65. The molecule has 130 valence electrons. The number of aryl methyl sites for hydroxylation is 2. The molecule has 5 nitrogen and oxygen atoms in total. The maximum Gasteiger partial charge on any atom is 0.327 e. The minimum atomic E-state index is -0.237. The molecular formula is C20H22N2O3. The second-order valence-corrected chi connectivity index (χ2v) is 6.39. The van der Waals surface area contributed by atoms with Gasteiger partial charge in [0, 0.05) is 6.54 Å². The van der Waals surface area contributed by atoms with E-state index in [4.69, 9.17) is 4.74 Å². The number of imide groups is 1. The average Bonchev–Trinajstić information content (AvgIpc) is 2.86. The average molecular weight is 338 g/mol. The summed E-state index contributed by atoms with van der Waals surface area (Å²) in [6.07, 6.45) is 0. The van der Waals surface area contributed by atoms with E-state index in [9.17, 15) is 9.59 Å². The molecular weight excluding hydrogens is 316 g/mol. The molecule has 0 radical (unpaired) electrons. The van der Waals surface area contributed by atoms with Crippen LogP contribution in [0.15, 0.2) is 42.5 Å². The Balaban J connectivity index is 1.69. The van der Waals surface area contributed by atoms with Crippen molar-refractivity contribution in [3.8, 4) is 5.75 Å². The molecule has 3 amide bonds. The summed E-state index contributed by atoms with van der Waals surface area (Å²) >= 11 is 0. The van der Waals surface area contributed by atoms with Crippen molar-refractivity contribution in [1.29, 1.82) is 0 Å². The fourth-order valence-electron chi connectivity index (χ4n) is 2.91. The SMILES string of the molecule is COc1ccc(CN2CC(=O)N(Cc3ccc(C)c(C)c3)C2=O)cc1. The predicted octanol–water partition coefficient (Wildman–Crippen LogP) is 3.28. The van der Waals surface area contributed by atoms with E-state index in [2.05, 4.69) is 0 Å². The second-order valence-electron chi connectivity index (χ2n) is 6.39. The standard InChI is InChI=1S/C20H22N2O3/c1-14-4-5-17(10-15(14)2)12-22-19(23)13-21(20(22)24)11-16-6-8-18(25-3)9-7-16/h4-10H,11-13H2,1-3H3. The quantitative estimate of drug-likeness (QED) is 0.786. The van der Waals surface area contributed by atoms with Crippen LogP contribution in [-0.4, -0.2) is 35.4 Å². The summed E-state index contributed by atoms with van der Waals surface area (Å²) in [4.78, 5) is 27.8. The van der Waals surface area contributed by atoms with Gasteiger partial charge in [0.25, 0.3) is 5.91 Å². The highest BCUT2D eigenvalue weighted by Crippen LogP contribution is 2.20. The molecule has 1 fully saturated rings. The smallest absolute Gasteiger partial charge is 0.327 e. The molecule has 0 saturated carbocycles. The van der Waals surface area contributed by atoms with Gasteiger partial charge in [-0.25, -0.2) is 4.79 Å². The largest absolute Gasteiger partial charge is 0.497 e. The van der Waals surface area contributed by atoms with E-state index in [1.165, 1.54) is 10.5 Å². The first-order valence-corrected chi connectivity index (χ1v) is 8.26. The lowest BCUT2D eigenvalue weighted by atomic mass is 10.1. The monoisotopic (exact) mass is 338 g/mol. The number of carbonyl (C=O) groups is 2. The number of hydrogen-bond acceptors (Lipinski definition) is 3. The molecule has 0 spiro atoms. The van der Waals surface area contributed by atoms with Gasteiger partial charge >= 0.3 is 6.03 Å².